The summed E-state index contributed by atoms with van der Waals surface area (Å²) in [5.41, 5.74) is 5.53. The molecule has 2 bridgehead atoms. The molecule has 2 atom stereocenters. The van der Waals surface area contributed by atoms with E-state index in [1.165, 1.54) is 32.5 Å². The van der Waals surface area contributed by atoms with E-state index in [0.29, 0.717) is 0 Å². The molecule has 3 fully saturated rings. The van der Waals surface area contributed by atoms with E-state index in [0.717, 1.165) is 25.0 Å². The van der Waals surface area contributed by atoms with Crippen molar-refractivity contribution >= 4 is 0 Å². The van der Waals surface area contributed by atoms with Gasteiger partial charge in [-0.15, -0.1) is 0 Å². The molecular weight excluding hydrogens is 162 g/mol. The van der Waals surface area contributed by atoms with E-state index in [9.17, 15) is 0 Å². The summed E-state index contributed by atoms with van der Waals surface area (Å²) in [5, 5.41) is 0. The first kappa shape index (κ1) is 9.44. The van der Waals surface area contributed by atoms with Crippen LogP contribution in [0.15, 0.2) is 0 Å². The van der Waals surface area contributed by atoms with Gasteiger partial charge in [-0.3, -0.25) is 4.90 Å². The molecular formula is C10H21N3. The largest absolute Gasteiger partial charge is 0.330 e. The number of nitrogens with two attached hydrogens (primary N) is 1. The lowest BCUT2D eigenvalue weighted by Crippen LogP contribution is -2.61. The van der Waals surface area contributed by atoms with Gasteiger partial charge in [0.25, 0.3) is 0 Å². The molecule has 3 saturated heterocycles. The molecule has 0 radical (unpaired) electrons. The minimum atomic E-state index is 0.821. The van der Waals surface area contributed by atoms with Crippen LogP contribution in [-0.4, -0.2) is 55.1 Å². The molecule has 3 heterocycles. The standard InChI is InChI=1S/C10H21N3/c1-12-7-10-4-3-9(12)8-13(10)6-2-5-11/h9-10H,2-8,11H2,1H3. The number of nitrogens with zero attached hydrogens (tertiary/aromatic N) is 2. The molecule has 0 aromatic rings. The number of fused-ring (bicyclic) bond motifs is 3. The SMILES string of the molecule is CN1CC2CCC1CN2CCCN. The van der Waals surface area contributed by atoms with Gasteiger partial charge in [-0.05, 0) is 39.4 Å². The molecule has 2 N–H and O–H groups in total. The van der Waals surface area contributed by atoms with E-state index >= 15 is 0 Å². The maximum absolute atomic E-state index is 5.53. The Kier molecular flexibility index (Phi) is 2.86. The van der Waals surface area contributed by atoms with Gasteiger partial charge in [0.15, 0.2) is 0 Å². The summed E-state index contributed by atoms with van der Waals surface area (Å²) >= 11 is 0. The van der Waals surface area contributed by atoms with Crippen LogP contribution in [0.5, 0.6) is 0 Å². The summed E-state index contributed by atoms with van der Waals surface area (Å²) in [5.74, 6) is 0. The van der Waals surface area contributed by atoms with Crippen molar-refractivity contribution in [3.63, 3.8) is 0 Å². The number of likely N-dealkylation sites (N-methyl/N-ethyl adjacent to an activating group) is 1. The molecule has 0 spiro atoms. The highest BCUT2D eigenvalue weighted by molar-refractivity contribution is 4.93. The van der Waals surface area contributed by atoms with E-state index in [1.54, 1.807) is 0 Å². The lowest BCUT2D eigenvalue weighted by Gasteiger charge is -2.50. The predicted octanol–water partition coefficient (Wildman–Crippen LogP) is 0.114. The highest BCUT2D eigenvalue weighted by Gasteiger charge is 2.36. The maximum Gasteiger partial charge on any atom is 0.0224 e. The zero-order valence-corrected chi connectivity index (χ0v) is 8.58. The van der Waals surface area contributed by atoms with Crippen molar-refractivity contribution in [1.82, 2.24) is 9.80 Å². The first-order valence-corrected chi connectivity index (χ1v) is 5.45. The van der Waals surface area contributed by atoms with Gasteiger partial charge in [0.05, 0.1) is 0 Å². The lowest BCUT2D eigenvalue weighted by molar-refractivity contribution is -0.00630. The monoisotopic (exact) mass is 183 g/mol. The van der Waals surface area contributed by atoms with Gasteiger partial charge in [0.2, 0.25) is 0 Å². The first-order valence-electron chi connectivity index (χ1n) is 5.45. The molecule has 0 aromatic heterocycles. The van der Waals surface area contributed by atoms with E-state index in [4.69, 9.17) is 5.73 Å². The fourth-order valence-electron chi connectivity index (χ4n) is 2.69. The number of piperazine rings is 1. The van der Waals surface area contributed by atoms with Crippen LogP contribution in [0.25, 0.3) is 0 Å². The number of hydrogen-bond acceptors (Lipinski definition) is 3. The minimum absolute atomic E-state index is 0.821. The van der Waals surface area contributed by atoms with Crippen molar-refractivity contribution in [3.8, 4) is 0 Å². The van der Waals surface area contributed by atoms with Gasteiger partial charge in [-0.25, -0.2) is 0 Å². The van der Waals surface area contributed by atoms with Crippen LogP contribution in [0.1, 0.15) is 19.3 Å². The Morgan fingerprint density at radius 3 is 2.54 bits per heavy atom. The number of rotatable bonds is 3. The van der Waals surface area contributed by atoms with E-state index < -0.39 is 0 Å². The zero-order chi connectivity index (χ0) is 9.26. The van der Waals surface area contributed by atoms with E-state index in [2.05, 4.69) is 16.8 Å². The van der Waals surface area contributed by atoms with Crippen LogP contribution in [0.4, 0.5) is 0 Å². The van der Waals surface area contributed by atoms with Crippen LogP contribution < -0.4 is 5.73 Å². The predicted molar refractivity (Wildman–Crippen MR) is 54.7 cm³/mol. The number of piperidine rings is 2. The molecule has 0 saturated carbocycles. The molecule has 3 heteroatoms. The van der Waals surface area contributed by atoms with Crippen molar-refractivity contribution in [2.45, 2.75) is 31.3 Å². The van der Waals surface area contributed by atoms with Crippen molar-refractivity contribution in [1.29, 1.82) is 0 Å². The lowest BCUT2D eigenvalue weighted by atomic mass is 9.91. The molecule has 3 rings (SSSR count). The van der Waals surface area contributed by atoms with Crippen LogP contribution in [0, 0.1) is 0 Å². The average Bonchev–Trinajstić information content (AvgIpc) is 2.16. The highest BCUT2D eigenvalue weighted by atomic mass is 15.3. The van der Waals surface area contributed by atoms with Gasteiger partial charge in [-0.2, -0.15) is 0 Å². The van der Waals surface area contributed by atoms with Gasteiger partial charge in [-0.1, -0.05) is 0 Å². The Morgan fingerprint density at radius 1 is 1.23 bits per heavy atom. The normalized spacial score (nSPS) is 35.5. The first-order chi connectivity index (χ1) is 6.31. The molecule has 0 amide bonds. The van der Waals surface area contributed by atoms with E-state index in [-0.39, 0.29) is 0 Å². The van der Waals surface area contributed by atoms with Gasteiger partial charge in [0, 0.05) is 25.2 Å². The third kappa shape index (κ3) is 1.87. The molecule has 0 aliphatic carbocycles. The molecule has 13 heavy (non-hydrogen) atoms. The Morgan fingerprint density at radius 2 is 2.00 bits per heavy atom. The maximum atomic E-state index is 5.53. The molecule has 3 aliphatic heterocycles. The van der Waals surface area contributed by atoms with Crippen LogP contribution in [0.2, 0.25) is 0 Å². The Hall–Kier alpha value is -0.120. The molecule has 3 aliphatic rings. The minimum Gasteiger partial charge on any atom is -0.330 e. The Labute approximate surface area is 80.9 Å². The molecule has 76 valence electrons. The van der Waals surface area contributed by atoms with Gasteiger partial charge >= 0.3 is 0 Å². The van der Waals surface area contributed by atoms with Crippen LogP contribution >= 0.6 is 0 Å². The fourth-order valence-corrected chi connectivity index (χ4v) is 2.69. The van der Waals surface area contributed by atoms with Crippen molar-refractivity contribution < 1.29 is 0 Å². The molecule has 0 aromatic carbocycles. The Bertz CT molecular complexity index is 172. The highest BCUT2D eigenvalue weighted by Crippen LogP contribution is 2.27. The topological polar surface area (TPSA) is 32.5 Å². The summed E-state index contributed by atoms with van der Waals surface area (Å²) in [6.45, 7) is 4.60. The summed E-state index contributed by atoms with van der Waals surface area (Å²) in [7, 11) is 2.26. The molecule has 3 nitrogen and oxygen atoms in total. The summed E-state index contributed by atoms with van der Waals surface area (Å²) < 4.78 is 0. The Balaban J connectivity index is 1.87. The van der Waals surface area contributed by atoms with Gasteiger partial charge < -0.3 is 10.6 Å². The second-order valence-corrected chi connectivity index (χ2v) is 4.46. The second kappa shape index (κ2) is 3.95. The quantitative estimate of drug-likeness (QED) is 0.674. The fraction of sp³-hybridized carbons (Fsp3) is 1.00. The summed E-state index contributed by atoms with van der Waals surface area (Å²) in [6.07, 6.45) is 3.97. The third-order valence-electron chi connectivity index (χ3n) is 3.57. The van der Waals surface area contributed by atoms with E-state index in [1.807, 2.05) is 0 Å². The summed E-state index contributed by atoms with van der Waals surface area (Å²) in [6, 6.07) is 1.64. The smallest absolute Gasteiger partial charge is 0.0224 e. The number of hydrogen-bond donors (Lipinski definition) is 1. The third-order valence-corrected chi connectivity index (χ3v) is 3.57. The van der Waals surface area contributed by atoms with Crippen molar-refractivity contribution in [2.75, 3.05) is 33.2 Å². The van der Waals surface area contributed by atoms with Crippen molar-refractivity contribution in [2.24, 2.45) is 5.73 Å². The van der Waals surface area contributed by atoms with Crippen molar-refractivity contribution in [3.05, 3.63) is 0 Å². The van der Waals surface area contributed by atoms with Crippen LogP contribution in [0.3, 0.4) is 0 Å². The molecule has 2 unspecified atom stereocenters. The summed E-state index contributed by atoms with van der Waals surface area (Å²) in [4.78, 5) is 5.16. The van der Waals surface area contributed by atoms with Gasteiger partial charge in [0.1, 0.15) is 0 Å². The second-order valence-electron chi connectivity index (χ2n) is 4.46. The van der Waals surface area contributed by atoms with Crippen LogP contribution in [-0.2, 0) is 0 Å². The zero-order valence-electron chi connectivity index (χ0n) is 8.58. The average molecular weight is 183 g/mol.